The smallest absolute Gasteiger partial charge is 0.178 e. The topological polar surface area (TPSA) is 54.4 Å². The van der Waals surface area contributed by atoms with Crippen LogP contribution in [-0.4, -0.2) is 24.9 Å². The summed E-state index contributed by atoms with van der Waals surface area (Å²) in [7, 11) is -3.30. The Balaban J connectivity index is 2.90. The van der Waals surface area contributed by atoms with E-state index in [2.05, 4.69) is 0 Å². The second kappa shape index (κ2) is 4.55. The van der Waals surface area contributed by atoms with Gasteiger partial charge in [-0.2, -0.15) is 0 Å². The number of benzene rings is 1. The number of rotatable bonds is 4. The van der Waals surface area contributed by atoms with Crippen molar-refractivity contribution in [3.05, 3.63) is 30.3 Å². The molecule has 0 aliphatic rings. The molecule has 16 heavy (non-hydrogen) atoms. The second-order valence-electron chi connectivity index (χ2n) is 4.65. The Morgan fingerprint density at radius 3 is 2.19 bits per heavy atom. The first kappa shape index (κ1) is 13.2. The van der Waals surface area contributed by atoms with Crippen molar-refractivity contribution in [3.63, 3.8) is 0 Å². The van der Waals surface area contributed by atoms with E-state index in [9.17, 15) is 13.5 Å². The highest BCUT2D eigenvalue weighted by Crippen LogP contribution is 2.21. The van der Waals surface area contributed by atoms with E-state index < -0.39 is 15.4 Å². The minimum Gasteiger partial charge on any atom is -0.390 e. The highest BCUT2D eigenvalue weighted by molar-refractivity contribution is 7.91. The van der Waals surface area contributed by atoms with Gasteiger partial charge in [0.05, 0.1) is 16.2 Å². The number of hydrogen-bond acceptors (Lipinski definition) is 3. The Labute approximate surface area is 97.0 Å². The fourth-order valence-electron chi connectivity index (χ4n) is 1.26. The lowest BCUT2D eigenvalue weighted by Gasteiger charge is -2.25. The summed E-state index contributed by atoms with van der Waals surface area (Å²) >= 11 is 0. The molecule has 3 nitrogen and oxygen atoms in total. The van der Waals surface area contributed by atoms with Gasteiger partial charge in [-0.15, -0.1) is 0 Å². The molecule has 0 spiro atoms. The molecule has 0 aromatic heterocycles. The van der Waals surface area contributed by atoms with Gasteiger partial charge in [0.1, 0.15) is 0 Å². The van der Waals surface area contributed by atoms with Crippen LogP contribution in [0.4, 0.5) is 0 Å². The predicted octanol–water partition coefficient (Wildman–Crippen LogP) is 1.87. The van der Waals surface area contributed by atoms with Gasteiger partial charge in [-0.25, -0.2) is 8.42 Å². The first-order valence-corrected chi connectivity index (χ1v) is 6.89. The van der Waals surface area contributed by atoms with Crippen LogP contribution in [0.3, 0.4) is 0 Å². The van der Waals surface area contributed by atoms with Gasteiger partial charge in [0.15, 0.2) is 9.84 Å². The van der Waals surface area contributed by atoms with Gasteiger partial charge in [-0.05, 0) is 31.9 Å². The Hall–Kier alpha value is -0.870. The summed E-state index contributed by atoms with van der Waals surface area (Å²) in [5, 5.41) is 9.73. The van der Waals surface area contributed by atoms with Crippen molar-refractivity contribution in [1.82, 2.24) is 0 Å². The second-order valence-corrected chi connectivity index (χ2v) is 6.68. The molecule has 0 amide bonds. The van der Waals surface area contributed by atoms with E-state index in [0.717, 1.165) is 0 Å². The predicted molar refractivity (Wildman–Crippen MR) is 64.0 cm³/mol. The third kappa shape index (κ3) is 3.32. The molecule has 0 radical (unpaired) electrons. The van der Waals surface area contributed by atoms with E-state index in [1.165, 1.54) is 0 Å². The molecule has 0 saturated carbocycles. The van der Waals surface area contributed by atoms with Gasteiger partial charge in [0.25, 0.3) is 0 Å². The van der Waals surface area contributed by atoms with Crippen molar-refractivity contribution in [2.24, 2.45) is 5.92 Å². The largest absolute Gasteiger partial charge is 0.390 e. The van der Waals surface area contributed by atoms with E-state index in [-0.39, 0.29) is 11.7 Å². The molecule has 1 aromatic carbocycles. The molecule has 1 aromatic rings. The fourth-order valence-corrected chi connectivity index (χ4v) is 3.09. The first-order valence-electron chi connectivity index (χ1n) is 5.23. The lowest BCUT2D eigenvalue weighted by Crippen LogP contribution is -2.33. The fraction of sp³-hybridized carbons (Fsp3) is 0.500. The Kier molecular flexibility index (Phi) is 3.76. The molecule has 1 rings (SSSR count). The third-order valence-corrected chi connectivity index (χ3v) is 4.71. The van der Waals surface area contributed by atoms with Crippen LogP contribution in [0.1, 0.15) is 20.8 Å². The number of hydrogen-bond donors (Lipinski definition) is 1. The first-order chi connectivity index (χ1) is 7.23. The molecule has 0 heterocycles. The third-order valence-electron chi connectivity index (χ3n) is 2.78. The highest BCUT2D eigenvalue weighted by Gasteiger charge is 2.28. The van der Waals surface area contributed by atoms with Crippen LogP contribution in [0.25, 0.3) is 0 Å². The van der Waals surface area contributed by atoms with Crippen LogP contribution in [0.15, 0.2) is 35.2 Å². The molecule has 1 N–H and O–H groups in total. The maximum atomic E-state index is 12.0. The van der Waals surface area contributed by atoms with Crippen LogP contribution in [0, 0.1) is 5.92 Å². The van der Waals surface area contributed by atoms with Gasteiger partial charge in [0.2, 0.25) is 0 Å². The van der Waals surface area contributed by atoms with Crippen LogP contribution >= 0.6 is 0 Å². The molecular weight excluding hydrogens is 224 g/mol. The summed E-state index contributed by atoms with van der Waals surface area (Å²) in [6, 6.07) is 8.32. The molecule has 4 heteroatoms. The van der Waals surface area contributed by atoms with Crippen LogP contribution < -0.4 is 0 Å². The molecule has 0 bridgehead atoms. The summed E-state index contributed by atoms with van der Waals surface area (Å²) in [6.45, 7) is 4.98. The minimum absolute atomic E-state index is 0.0412. The van der Waals surface area contributed by atoms with Gasteiger partial charge in [-0.3, -0.25) is 0 Å². The molecular formula is C12H18O3S. The van der Waals surface area contributed by atoms with E-state index in [1.807, 2.05) is 0 Å². The molecule has 0 fully saturated rings. The zero-order valence-corrected chi connectivity index (χ0v) is 10.7. The molecule has 90 valence electrons. The Bertz CT molecular complexity index is 429. The van der Waals surface area contributed by atoms with Crippen molar-refractivity contribution in [1.29, 1.82) is 0 Å². The van der Waals surface area contributed by atoms with Gasteiger partial charge < -0.3 is 5.11 Å². The van der Waals surface area contributed by atoms with Gasteiger partial charge >= 0.3 is 0 Å². The van der Waals surface area contributed by atoms with E-state index in [4.69, 9.17) is 0 Å². The summed E-state index contributed by atoms with van der Waals surface area (Å²) in [5.41, 5.74) is -0.984. The molecule has 0 aliphatic heterocycles. The normalized spacial score (nSPS) is 14.8. The zero-order chi connectivity index (χ0) is 12.4. The average Bonchev–Trinajstić information content (AvgIpc) is 2.17. The molecule has 0 saturated heterocycles. The SMILES string of the molecule is CC(CS(=O)(=O)c1ccccc1)C(C)(C)O. The lowest BCUT2D eigenvalue weighted by molar-refractivity contribution is 0.0339. The Morgan fingerprint density at radius 2 is 1.75 bits per heavy atom. The van der Waals surface area contributed by atoms with E-state index in [0.29, 0.717) is 4.90 Å². The summed E-state index contributed by atoms with van der Waals surface area (Å²) < 4.78 is 24.0. The van der Waals surface area contributed by atoms with Crippen molar-refractivity contribution in [3.8, 4) is 0 Å². The number of aliphatic hydroxyl groups is 1. The van der Waals surface area contributed by atoms with E-state index in [1.54, 1.807) is 51.1 Å². The summed E-state index contributed by atoms with van der Waals surface area (Å²) in [6.07, 6.45) is 0. The Morgan fingerprint density at radius 1 is 1.25 bits per heavy atom. The highest BCUT2D eigenvalue weighted by atomic mass is 32.2. The van der Waals surface area contributed by atoms with E-state index >= 15 is 0 Å². The summed E-state index contributed by atoms with van der Waals surface area (Å²) in [4.78, 5) is 0.311. The van der Waals surface area contributed by atoms with Crippen LogP contribution in [0.2, 0.25) is 0 Å². The monoisotopic (exact) mass is 242 g/mol. The average molecular weight is 242 g/mol. The maximum Gasteiger partial charge on any atom is 0.178 e. The van der Waals surface area contributed by atoms with Crippen molar-refractivity contribution in [2.45, 2.75) is 31.3 Å². The van der Waals surface area contributed by atoms with Crippen molar-refractivity contribution >= 4 is 9.84 Å². The lowest BCUT2D eigenvalue weighted by atomic mass is 9.95. The quantitative estimate of drug-likeness (QED) is 0.877. The van der Waals surface area contributed by atoms with Crippen molar-refractivity contribution < 1.29 is 13.5 Å². The zero-order valence-electron chi connectivity index (χ0n) is 9.84. The van der Waals surface area contributed by atoms with Crippen LogP contribution in [0.5, 0.6) is 0 Å². The molecule has 1 unspecified atom stereocenters. The van der Waals surface area contributed by atoms with Gasteiger partial charge in [-0.1, -0.05) is 25.1 Å². The molecule has 0 aliphatic carbocycles. The number of sulfone groups is 1. The molecule has 1 atom stereocenters. The maximum absolute atomic E-state index is 12.0. The van der Waals surface area contributed by atoms with Crippen molar-refractivity contribution in [2.75, 3.05) is 5.75 Å². The minimum atomic E-state index is -3.30. The summed E-state index contributed by atoms with van der Waals surface area (Å²) in [5.74, 6) is -0.349. The van der Waals surface area contributed by atoms with Gasteiger partial charge in [0, 0.05) is 0 Å². The standard InChI is InChI=1S/C12H18O3S/c1-10(12(2,3)13)9-16(14,15)11-7-5-4-6-8-11/h4-8,10,13H,9H2,1-3H3. The van der Waals surface area contributed by atoms with Crippen LogP contribution in [-0.2, 0) is 9.84 Å².